The molecule has 2 N–H and O–H groups in total. The van der Waals surface area contributed by atoms with Gasteiger partial charge in [-0.05, 0) is 34.2 Å². The van der Waals surface area contributed by atoms with Gasteiger partial charge in [-0.1, -0.05) is 0 Å². The molecule has 3 nitrogen and oxygen atoms in total. The number of hydrogen-bond acceptors (Lipinski definition) is 3. The van der Waals surface area contributed by atoms with Crippen LogP contribution in [-0.4, -0.2) is 10.2 Å². The number of nitrogens with two attached hydrogens (primary N) is 1. The van der Waals surface area contributed by atoms with Crippen molar-refractivity contribution < 1.29 is 13.6 Å². The zero-order valence-electron chi connectivity index (χ0n) is 6.60. The molecule has 0 aliphatic carbocycles. The number of halogens is 4. The van der Waals surface area contributed by atoms with E-state index >= 15 is 0 Å². The highest BCUT2D eigenvalue weighted by molar-refractivity contribution is 14.1. The highest BCUT2D eigenvalue weighted by atomic mass is 127. The minimum atomic E-state index is -2.76. The summed E-state index contributed by atoms with van der Waals surface area (Å²) in [7, 11) is 0. The number of pyridine rings is 1. The zero-order valence-corrected chi connectivity index (χ0v) is 9.51. The number of alkyl halides is 2. The molecule has 0 aliphatic rings. The van der Waals surface area contributed by atoms with Gasteiger partial charge in [-0.25, -0.2) is 8.78 Å². The molecule has 76 valence electrons. The molecule has 0 aliphatic heterocycles. The van der Waals surface area contributed by atoms with Gasteiger partial charge in [0.2, 0.25) is 0 Å². The molecule has 0 saturated heterocycles. The maximum atomic E-state index is 12.3. The third-order valence-corrected chi connectivity index (χ3v) is 2.87. The van der Waals surface area contributed by atoms with Crippen molar-refractivity contribution in [1.29, 1.82) is 0 Å². The third-order valence-electron chi connectivity index (χ3n) is 1.50. The molecule has 0 atom stereocenters. The van der Waals surface area contributed by atoms with Crippen LogP contribution in [0.3, 0.4) is 0 Å². The number of rotatable bonds is 2. The largest absolute Gasteiger partial charge is 0.396 e. The number of nitrogen functional groups attached to an aromatic ring is 1. The molecule has 1 heterocycles. The molecule has 0 amide bonds. The Labute approximate surface area is 96.8 Å². The van der Waals surface area contributed by atoms with E-state index in [2.05, 4.69) is 4.98 Å². The normalized spacial score (nSPS) is 10.6. The number of anilines is 1. The Kier molecular flexibility index (Phi) is 3.59. The van der Waals surface area contributed by atoms with Crippen molar-refractivity contribution in [3.8, 4) is 0 Å². The Bertz CT molecular complexity index is 386. The minimum absolute atomic E-state index is 0.0363. The predicted octanol–water partition coefficient (Wildman–Crippen LogP) is 2.58. The Morgan fingerprint density at radius 1 is 1.64 bits per heavy atom. The van der Waals surface area contributed by atoms with E-state index < -0.39 is 17.4 Å². The predicted molar refractivity (Wildman–Crippen MR) is 56.5 cm³/mol. The monoisotopic (exact) mass is 332 g/mol. The number of nitrogens with zero attached hydrogens (tertiary/aromatic N) is 1. The van der Waals surface area contributed by atoms with Gasteiger partial charge in [0, 0.05) is 6.20 Å². The molecule has 1 rings (SSSR count). The molecule has 0 spiro atoms. The van der Waals surface area contributed by atoms with Gasteiger partial charge in [0.25, 0.3) is 11.7 Å². The summed E-state index contributed by atoms with van der Waals surface area (Å²) in [6, 6.07) is 0. The van der Waals surface area contributed by atoms with Crippen LogP contribution in [0.2, 0.25) is 0 Å². The highest BCUT2D eigenvalue weighted by Crippen LogP contribution is 2.29. The van der Waals surface area contributed by atoms with E-state index in [0.717, 1.165) is 6.20 Å². The van der Waals surface area contributed by atoms with Gasteiger partial charge in [0.05, 0.1) is 14.8 Å². The summed E-state index contributed by atoms with van der Waals surface area (Å²) in [4.78, 5) is 14.2. The summed E-state index contributed by atoms with van der Waals surface area (Å²) in [5.74, 6) is 0. The molecule has 0 unspecified atom stereocenters. The maximum absolute atomic E-state index is 12.3. The second-order valence-electron chi connectivity index (χ2n) is 2.36. The molecule has 1 aromatic rings. The van der Waals surface area contributed by atoms with Crippen molar-refractivity contribution in [2.24, 2.45) is 0 Å². The Hall–Kier alpha value is -0.500. The molecule has 7 heteroatoms. The van der Waals surface area contributed by atoms with E-state index in [1.54, 1.807) is 22.6 Å². The Balaban J connectivity index is 3.33. The lowest BCUT2D eigenvalue weighted by Crippen LogP contribution is -2.06. The summed E-state index contributed by atoms with van der Waals surface area (Å²) in [5.41, 5.74) is 4.66. The van der Waals surface area contributed by atoms with Crippen LogP contribution in [0, 0.1) is 3.57 Å². The van der Waals surface area contributed by atoms with Gasteiger partial charge in [0.1, 0.15) is 5.69 Å². The number of hydrogen-bond donors (Lipinski definition) is 1. The first-order chi connectivity index (χ1) is 6.45. The molecule has 0 fully saturated rings. The lowest BCUT2D eigenvalue weighted by Gasteiger charge is -2.07. The van der Waals surface area contributed by atoms with E-state index in [9.17, 15) is 13.6 Å². The third kappa shape index (κ3) is 2.11. The lowest BCUT2D eigenvalue weighted by atomic mass is 10.2. The SMILES string of the molecule is Nc1c(C(F)F)ncc(C(=O)Cl)c1I. The van der Waals surface area contributed by atoms with Gasteiger partial charge in [0.15, 0.2) is 0 Å². The molecule has 0 bridgehead atoms. The highest BCUT2D eigenvalue weighted by Gasteiger charge is 2.19. The average Bonchev–Trinajstić information content (AvgIpc) is 2.08. The van der Waals surface area contributed by atoms with Gasteiger partial charge >= 0.3 is 0 Å². The summed E-state index contributed by atoms with van der Waals surface area (Å²) < 4.78 is 24.8. The second kappa shape index (κ2) is 4.35. The van der Waals surface area contributed by atoms with Crippen LogP contribution in [0.1, 0.15) is 22.5 Å². The van der Waals surface area contributed by atoms with Crippen LogP contribution in [0.15, 0.2) is 6.20 Å². The van der Waals surface area contributed by atoms with E-state index in [-0.39, 0.29) is 14.8 Å². The summed E-state index contributed by atoms with van der Waals surface area (Å²) in [6.45, 7) is 0. The van der Waals surface area contributed by atoms with Crippen molar-refractivity contribution in [3.05, 3.63) is 21.0 Å². The first-order valence-corrected chi connectivity index (χ1v) is 4.82. The lowest BCUT2D eigenvalue weighted by molar-refractivity contribution is 0.107. The standard InChI is InChI=1S/C7H4ClF2IN2O/c8-6(14)2-1-13-5(7(9)10)4(12)3(2)11/h1,7H,12H2. The van der Waals surface area contributed by atoms with Crippen molar-refractivity contribution in [1.82, 2.24) is 4.98 Å². The first-order valence-electron chi connectivity index (χ1n) is 3.37. The second-order valence-corrected chi connectivity index (χ2v) is 3.78. The number of carbonyl (C=O) groups is 1. The van der Waals surface area contributed by atoms with Crippen molar-refractivity contribution in [3.63, 3.8) is 0 Å². The summed E-state index contributed by atoms with van der Waals surface area (Å²) in [5, 5.41) is -0.769. The van der Waals surface area contributed by atoms with E-state index in [0.29, 0.717) is 0 Å². The quantitative estimate of drug-likeness (QED) is 0.669. The van der Waals surface area contributed by atoms with Crippen molar-refractivity contribution in [2.45, 2.75) is 6.43 Å². The van der Waals surface area contributed by atoms with Crippen LogP contribution >= 0.6 is 34.2 Å². The molecule has 1 aromatic heterocycles. The van der Waals surface area contributed by atoms with Crippen LogP contribution in [0.25, 0.3) is 0 Å². The fraction of sp³-hybridized carbons (Fsp3) is 0.143. The molecule has 0 saturated carbocycles. The fourth-order valence-electron chi connectivity index (χ4n) is 0.829. The Morgan fingerprint density at radius 2 is 2.21 bits per heavy atom. The summed E-state index contributed by atoms with van der Waals surface area (Å²) in [6.07, 6.45) is -1.77. The smallest absolute Gasteiger partial charge is 0.282 e. The van der Waals surface area contributed by atoms with Crippen LogP contribution in [0.4, 0.5) is 14.5 Å². The van der Waals surface area contributed by atoms with E-state index in [4.69, 9.17) is 17.3 Å². The maximum Gasteiger partial charge on any atom is 0.282 e. The molecular formula is C7H4ClF2IN2O. The van der Waals surface area contributed by atoms with Crippen molar-refractivity contribution >= 4 is 45.1 Å². The van der Waals surface area contributed by atoms with Gasteiger partial charge in [-0.3, -0.25) is 9.78 Å². The van der Waals surface area contributed by atoms with Crippen LogP contribution in [0.5, 0.6) is 0 Å². The van der Waals surface area contributed by atoms with Crippen LogP contribution < -0.4 is 5.73 Å². The number of aromatic nitrogens is 1. The van der Waals surface area contributed by atoms with Crippen molar-refractivity contribution in [2.75, 3.05) is 5.73 Å². The molecule has 0 radical (unpaired) electrons. The summed E-state index contributed by atoms with van der Waals surface area (Å²) >= 11 is 6.86. The van der Waals surface area contributed by atoms with E-state index in [1.807, 2.05) is 0 Å². The number of carbonyl (C=O) groups excluding carboxylic acids is 1. The zero-order chi connectivity index (χ0) is 10.9. The first kappa shape index (κ1) is 11.6. The molecular weight excluding hydrogens is 328 g/mol. The topological polar surface area (TPSA) is 56.0 Å². The average molecular weight is 332 g/mol. The molecule has 0 aromatic carbocycles. The van der Waals surface area contributed by atoms with Gasteiger partial charge < -0.3 is 5.73 Å². The van der Waals surface area contributed by atoms with Gasteiger partial charge in [-0.15, -0.1) is 0 Å². The van der Waals surface area contributed by atoms with Gasteiger partial charge in [-0.2, -0.15) is 0 Å². The fourth-order valence-corrected chi connectivity index (χ4v) is 1.79. The van der Waals surface area contributed by atoms with Crippen LogP contribution in [-0.2, 0) is 0 Å². The minimum Gasteiger partial charge on any atom is -0.396 e. The molecule has 14 heavy (non-hydrogen) atoms. The Morgan fingerprint density at radius 3 is 2.64 bits per heavy atom. The van der Waals surface area contributed by atoms with E-state index in [1.165, 1.54) is 0 Å².